The molecule has 0 saturated heterocycles. The fourth-order valence-electron chi connectivity index (χ4n) is 6.56. The van der Waals surface area contributed by atoms with Gasteiger partial charge in [-0.1, -0.05) is 0 Å². The molecule has 0 fully saturated rings. The van der Waals surface area contributed by atoms with E-state index in [0.29, 0.717) is 0 Å². The molecule has 0 heterocycles. The topological polar surface area (TPSA) is 18.5 Å². The quantitative estimate of drug-likeness (QED) is 0.327. The second-order valence-corrected chi connectivity index (χ2v) is 23.3. The van der Waals surface area contributed by atoms with E-state index in [9.17, 15) is 0 Å². The summed E-state index contributed by atoms with van der Waals surface area (Å²) in [5.74, 6) is 1.90. The minimum atomic E-state index is -4.53. The van der Waals surface area contributed by atoms with Gasteiger partial charge in [-0.05, 0) is 0 Å². The number of para-hydroxylation sites is 2. The van der Waals surface area contributed by atoms with Gasteiger partial charge < -0.3 is 0 Å². The van der Waals surface area contributed by atoms with Crippen LogP contribution >= 0.6 is 0 Å². The molecular formula is C36H48O2Zr. The van der Waals surface area contributed by atoms with Crippen molar-refractivity contribution < 1.29 is 26.8 Å². The summed E-state index contributed by atoms with van der Waals surface area (Å²) in [5, 5.41) is 0. The molecule has 2 aliphatic carbocycles. The van der Waals surface area contributed by atoms with Crippen molar-refractivity contribution in [3.8, 4) is 11.5 Å². The molecule has 208 valence electrons. The van der Waals surface area contributed by atoms with Gasteiger partial charge in [-0.15, -0.1) is 0 Å². The second-order valence-electron chi connectivity index (χ2n) is 14.1. The number of hydrogen-bond donors (Lipinski definition) is 0. The van der Waals surface area contributed by atoms with E-state index in [1.807, 2.05) is 0 Å². The summed E-state index contributed by atoms with van der Waals surface area (Å²) in [7, 11) is 0. The fourth-order valence-corrected chi connectivity index (χ4v) is 18.8. The number of benzene rings is 2. The van der Waals surface area contributed by atoms with Gasteiger partial charge in [-0.3, -0.25) is 0 Å². The Kier molecular flexibility index (Phi) is 7.70. The third-order valence-corrected chi connectivity index (χ3v) is 20.7. The molecule has 39 heavy (non-hydrogen) atoms. The van der Waals surface area contributed by atoms with Crippen molar-refractivity contribution in [2.45, 2.75) is 100 Å². The van der Waals surface area contributed by atoms with E-state index in [1.165, 1.54) is 33.4 Å². The molecule has 0 radical (unpaired) electrons. The number of allylic oxidation sites excluding steroid dienone is 8. The standard InChI is InChI=1S/2C10H14O.2C8H11.Zr/c2*1-10(2,3)8-6-4-5-7-9(8)11;2*1-6-4-7(2)8(3)5-6;/h2*4-7,11H,1-3H3;2*4-5H,1-3H3;/q;;;;+2/p-2. The Balaban J connectivity index is 2.12. The average Bonchev–Trinajstić information content (AvgIpc) is 3.25. The van der Waals surface area contributed by atoms with Gasteiger partial charge in [-0.2, -0.15) is 0 Å². The van der Waals surface area contributed by atoms with Crippen molar-refractivity contribution in [2.24, 2.45) is 0 Å². The molecule has 2 unspecified atom stereocenters. The zero-order valence-corrected chi connectivity index (χ0v) is 28.7. The molecule has 2 nitrogen and oxygen atoms in total. The molecule has 0 saturated carbocycles. The third kappa shape index (κ3) is 5.10. The van der Waals surface area contributed by atoms with Crippen molar-refractivity contribution in [3.63, 3.8) is 0 Å². The van der Waals surface area contributed by atoms with Crippen molar-refractivity contribution in [2.75, 3.05) is 0 Å². The molecule has 2 aromatic rings. The summed E-state index contributed by atoms with van der Waals surface area (Å²) in [6, 6.07) is 17.2. The fraction of sp³-hybridized carbons (Fsp3) is 0.444. The SMILES string of the molecule is CC1=C[C](C)([Zr]([O]c2ccccc2C(C)(C)C)([O]c2ccccc2C(C)(C)C)[C]2(C)C=C(C)C=C2C)C(C)=C1. The molecule has 4 rings (SSSR count). The van der Waals surface area contributed by atoms with Crippen molar-refractivity contribution >= 4 is 0 Å². The minimum absolute atomic E-state index is 0.0715. The summed E-state index contributed by atoms with van der Waals surface area (Å²) in [4.78, 5) is 0. The van der Waals surface area contributed by atoms with Crippen LogP contribution in [0.15, 0.2) is 95.1 Å². The molecule has 0 bridgehead atoms. The van der Waals surface area contributed by atoms with Crippen LogP contribution in [0.2, 0.25) is 6.25 Å². The van der Waals surface area contributed by atoms with E-state index in [1.54, 1.807) is 0 Å². The molecule has 2 atom stereocenters. The predicted molar refractivity (Wildman–Crippen MR) is 163 cm³/mol. The molecule has 3 heteroatoms. The van der Waals surface area contributed by atoms with Crippen molar-refractivity contribution in [3.05, 3.63) is 106 Å². The molecule has 0 amide bonds. The van der Waals surface area contributed by atoms with Crippen LogP contribution in [0.5, 0.6) is 11.5 Å². The zero-order valence-electron chi connectivity index (χ0n) is 26.2. The first-order valence-electron chi connectivity index (χ1n) is 14.3. The molecular weight excluding hydrogens is 556 g/mol. The summed E-state index contributed by atoms with van der Waals surface area (Å²) >= 11 is -4.53. The Morgan fingerprint density at radius 2 is 0.897 bits per heavy atom. The average molecular weight is 604 g/mol. The van der Waals surface area contributed by atoms with Gasteiger partial charge in [0, 0.05) is 0 Å². The Morgan fingerprint density at radius 3 is 1.18 bits per heavy atom. The van der Waals surface area contributed by atoms with Gasteiger partial charge in [0.05, 0.1) is 0 Å². The van der Waals surface area contributed by atoms with Gasteiger partial charge in [0.2, 0.25) is 0 Å². The van der Waals surface area contributed by atoms with E-state index < -0.39 is 21.1 Å². The number of hydrogen-bond acceptors (Lipinski definition) is 2. The van der Waals surface area contributed by atoms with Crippen LogP contribution in [0.3, 0.4) is 0 Å². The van der Waals surface area contributed by atoms with Gasteiger partial charge >= 0.3 is 245 Å². The molecule has 2 aliphatic rings. The Hall–Kier alpha value is -2.12. The summed E-state index contributed by atoms with van der Waals surface area (Å²) in [6.45, 7) is 27.3. The first-order valence-corrected chi connectivity index (χ1v) is 18.7. The maximum atomic E-state index is 7.76. The van der Waals surface area contributed by atoms with Crippen LogP contribution in [0, 0.1) is 0 Å². The monoisotopic (exact) mass is 602 g/mol. The van der Waals surface area contributed by atoms with Crippen LogP contribution in [-0.2, 0) is 32.0 Å². The van der Waals surface area contributed by atoms with Crippen LogP contribution < -0.4 is 5.63 Å². The molecule has 0 aliphatic heterocycles. The van der Waals surface area contributed by atoms with E-state index in [0.717, 1.165) is 11.5 Å². The third-order valence-electron chi connectivity index (χ3n) is 8.82. The van der Waals surface area contributed by atoms with Crippen LogP contribution in [-0.4, -0.2) is 0 Å². The summed E-state index contributed by atoms with van der Waals surface area (Å²) in [6.07, 6.45) is 9.55. The first-order chi connectivity index (χ1) is 17.9. The van der Waals surface area contributed by atoms with Crippen LogP contribution in [0.1, 0.15) is 94.2 Å². The Labute approximate surface area is 243 Å². The Bertz CT molecular complexity index is 1280. The molecule has 0 N–H and O–H groups in total. The second kappa shape index (κ2) is 10.1. The van der Waals surface area contributed by atoms with E-state index in [2.05, 4.69) is 156 Å². The van der Waals surface area contributed by atoms with Gasteiger partial charge in [-0.25, -0.2) is 0 Å². The summed E-state index contributed by atoms with van der Waals surface area (Å²) < 4.78 is 14.8. The van der Waals surface area contributed by atoms with Gasteiger partial charge in [0.1, 0.15) is 0 Å². The van der Waals surface area contributed by atoms with Crippen molar-refractivity contribution in [1.29, 1.82) is 0 Å². The molecule has 0 spiro atoms. The zero-order chi connectivity index (χ0) is 29.0. The molecule has 0 aromatic heterocycles. The van der Waals surface area contributed by atoms with E-state index in [-0.39, 0.29) is 17.1 Å². The normalized spacial score (nSPS) is 23.7. The van der Waals surface area contributed by atoms with Gasteiger partial charge in [0.25, 0.3) is 0 Å². The predicted octanol–water partition coefficient (Wildman–Crippen LogP) is 10.9. The van der Waals surface area contributed by atoms with Gasteiger partial charge in [0.15, 0.2) is 0 Å². The van der Waals surface area contributed by atoms with Crippen LogP contribution in [0.4, 0.5) is 0 Å². The van der Waals surface area contributed by atoms with E-state index in [4.69, 9.17) is 5.63 Å². The Morgan fingerprint density at radius 1 is 0.564 bits per heavy atom. The van der Waals surface area contributed by atoms with Crippen LogP contribution in [0.25, 0.3) is 0 Å². The first kappa shape index (κ1) is 29.9. The number of rotatable bonds is 6. The van der Waals surface area contributed by atoms with Crippen molar-refractivity contribution in [1.82, 2.24) is 0 Å². The summed E-state index contributed by atoms with van der Waals surface area (Å²) in [5.41, 5.74) is 7.49. The molecule has 2 aromatic carbocycles. The maximum absolute atomic E-state index is 7.76. The van der Waals surface area contributed by atoms with E-state index >= 15 is 0 Å².